The van der Waals surface area contributed by atoms with Gasteiger partial charge in [0.1, 0.15) is 12.4 Å². The molecule has 1 atom stereocenters. The minimum absolute atomic E-state index is 0.0759. The van der Waals surface area contributed by atoms with Gasteiger partial charge in [-0.3, -0.25) is 0 Å². The predicted octanol–water partition coefficient (Wildman–Crippen LogP) is 9.72. The molecule has 0 radical (unpaired) electrons. The molecule has 0 saturated carbocycles. The highest BCUT2D eigenvalue weighted by molar-refractivity contribution is 8.03. The number of ether oxygens (including phenoxy) is 1. The van der Waals surface area contributed by atoms with Crippen molar-refractivity contribution in [2.24, 2.45) is 5.92 Å². The maximum Gasteiger partial charge on any atom is 0.214 e. The number of thioether (sulfide) groups is 1. The number of aliphatic hydroxyl groups is 2. The molecule has 2 heterocycles. The summed E-state index contributed by atoms with van der Waals surface area (Å²) in [5.74, 6) is 1.26. The SMILES string of the molecule is CCCCOc1ccc(SC2=C(/C=C/C3=[N+](CCO)c4cccc5cccc3c45)CCC(C)/C2=C\C=c2/c3cccc4cccc(c43)n2CCO)cc1. The van der Waals surface area contributed by atoms with Gasteiger partial charge in [0.15, 0.2) is 6.54 Å². The molecule has 0 saturated heterocycles. The molecular weight excluding hydrogens is 673 g/mol. The Morgan fingerprint density at radius 3 is 2.38 bits per heavy atom. The molecular formula is C47H47N2O3S+. The van der Waals surface area contributed by atoms with Gasteiger partial charge < -0.3 is 19.5 Å². The predicted molar refractivity (Wildman–Crippen MR) is 221 cm³/mol. The molecule has 0 spiro atoms. The van der Waals surface area contributed by atoms with E-state index in [0.29, 0.717) is 19.0 Å². The van der Waals surface area contributed by atoms with Gasteiger partial charge in [0.2, 0.25) is 11.4 Å². The minimum Gasteiger partial charge on any atom is -0.494 e. The molecule has 6 aromatic rings. The van der Waals surface area contributed by atoms with Gasteiger partial charge in [-0.25, -0.2) is 0 Å². The highest BCUT2D eigenvalue weighted by atomic mass is 32.2. The Morgan fingerprint density at radius 2 is 1.60 bits per heavy atom. The van der Waals surface area contributed by atoms with Crippen LogP contribution in [0.4, 0.5) is 5.69 Å². The fourth-order valence-corrected chi connectivity index (χ4v) is 9.28. The highest BCUT2D eigenvalue weighted by Crippen LogP contribution is 2.45. The third kappa shape index (κ3) is 6.76. The molecule has 5 nitrogen and oxygen atoms in total. The molecule has 1 aliphatic carbocycles. The molecule has 0 amide bonds. The summed E-state index contributed by atoms with van der Waals surface area (Å²) in [5.41, 5.74) is 7.27. The zero-order valence-electron chi connectivity index (χ0n) is 30.6. The van der Waals surface area contributed by atoms with Crippen LogP contribution >= 0.6 is 11.8 Å². The average Bonchev–Trinajstić information content (AvgIpc) is 3.65. The van der Waals surface area contributed by atoms with Crippen LogP contribution in [0.15, 0.2) is 136 Å². The van der Waals surface area contributed by atoms with Crippen LogP contribution in [0.25, 0.3) is 38.5 Å². The van der Waals surface area contributed by atoms with Crippen molar-refractivity contribution >= 4 is 61.7 Å². The second-order valence-corrected chi connectivity index (χ2v) is 15.2. The molecule has 2 N–H and O–H groups in total. The monoisotopic (exact) mass is 719 g/mol. The normalized spacial score (nSPS) is 17.2. The van der Waals surface area contributed by atoms with E-state index in [2.05, 4.69) is 144 Å². The van der Waals surface area contributed by atoms with E-state index in [-0.39, 0.29) is 13.2 Å². The number of β-amino-alcohol motifs (C(OH)–C–C–N with tert-alkyl or cyclic N) is 1. The summed E-state index contributed by atoms with van der Waals surface area (Å²) >= 11 is 1.83. The van der Waals surface area contributed by atoms with Crippen molar-refractivity contribution in [2.45, 2.75) is 51.0 Å². The summed E-state index contributed by atoms with van der Waals surface area (Å²) in [6.45, 7) is 6.49. The molecule has 0 bridgehead atoms. The lowest BCUT2D eigenvalue weighted by molar-refractivity contribution is -0.438. The van der Waals surface area contributed by atoms with Crippen molar-refractivity contribution in [3.05, 3.63) is 142 Å². The summed E-state index contributed by atoms with van der Waals surface area (Å²) in [5, 5.41) is 27.5. The van der Waals surface area contributed by atoms with Gasteiger partial charge >= 0.3 is 0 Å². The number of hydrogen-bond donors (Lipinski definition) is 2. The Labute approximate surface area is 315 Å². The van der Waals surface area contributed by atoms with E-state index in [9.17, 15) is 10.2 Å². The number of aromatic nitrogens is 1. The summed E-state index contributed by atoms with van der Waals surface area (Å²) < 4.78 is 10.5. The van der Waals surface area contributed by atoms with E-state index in [4.69, 9.17) is 4.74 Å². The zero-order valence-corrected chi connectivity index (χ0v) is 31.4. The quantitative estimate of drug-likeness (QED) is 0.0922. The molecule has 2 aliphatic rings. The Balaban J connectivity index is 1.26. The summed E-state index contributed by atoms with van der Waals surface area (Å²) in [4.78, 5) is 2.45. The maximum absolute atomic E-state index is 10.1. The standard InChI is InChI=1S/C47H47N2O3S/c1-3-4-31-52-36-20-22-37(23-21-36)53-47-35(19-25-41-39-13-5-9-33-11-7-15-43(45(33)39)48(41)27-29-50)18-17-32(2)38(47)24-26-42-40-14-6-10-34-12-8-16-44(46(34)40)49(42)28-30-51/h5-16,19-26,32,50-51H,3-4,17-18,27-31H2,1-2H3/q+1. The van der Waals surface area contributed by atoms with Crippen molar-refractivity contribution in [2.75, 3.05) is 26.4 Å². The first-order chi connectivity index (χ1) is 26.1. The fourth-order valence-electron chi connectivity index (χ4n) is 8.09. The first-order valence-electron chi connectivity index (χ1n) is 19.0. The van der Waals surface area contributed by atoms with Gasteiger partial charge in [-0.1, -0.05) is 98.8 Å². The van der Waals surface area contributed by atoms with Crippen LogP contribution in [-0.4, -0.2) is 51.4 Å². The lowest BCUT2D eigenvalue weighted by atomic mass is 9.85. The van der Waals surface area contributed by atoms with E-state index in [1.807, 2.05) is 11.8 Å². The van der Waals surface area contributed by atoms with Crippen LogP contribution in [0, 0.1) is 5.92 Å². The van der Waals surface area contributed by atoms with E-state index < -0.39 is 0 Å². The lowest BCUT2D eigenvalue weighted by Gasteiger charge is -2.27. The number of allylic oxidation sites excluding steroid dienone is 5. The molecule has 5 aromatic carbocycles. The molecule has 1 aromatic heterocycles. The smallest absolute Gasteiger partial charge is 0.214 e. The van der Waals surface area contributed by atoms with E-state index in [1.165, 1.54) is 53.4 Å². The van der Waals surface area contributed by atoms with Crippen molar-refractivity contribution in [1.82, 2.24) is 4.57 Å². The van der Waals surface area contributed by atoms with Crippen LogP contribution < -0.4 is 10.1 Å². The largest absolute Gasteiger partial charge is 0.494 e. The number of nitrogens with zero attached hydrogens (tertiary/aromatic N) is 2. The Kier molecular flexibility index (Phi) is 10.4. The van der Waals surface area contributed by atoms with Crippen LogP contribution in [0.3, 0.4) is 0 Å². The number of unbranched alkanes of at least 4 members (excludes halogenated alkanes) is 1. The van der Waals surface area contributed by atoms with Gasteiger partial charge in [-0.2, -0.15) is 4.58 Å². The van der Waals surface area contributed by atoms with Gasteiger partial charge in [0.05, 0.1) is 24.2 Å². The van der Waals surface area contributed by atoms with Gasteiger partial charge in [0.25, 0.3) is 0 Å². The molecule has 8 rings (SSSR count). The second-order valence-electron chi connectivity index (χ2n) is 14.1. The number of benzene rings is 5. The Hall–Kier alpha value is -4.88. The van der Waals surface area contributed by atoms with E-state index in [1.54, 1.807) is 0 Å². The molecule has 53 heavy (non-hydrogen) atoms. The Bertz CT molecular complexity index is 2470. The molecule has 6 heteroatoms. The van der Waals surface area contributed by atoms with Crippen molar-refractivity contribution < 1.29 is 19.5 Å². The number of hydrogen-bond acceptors (Lipinski definition) is 4. The van der Waals surface area contributed by atoms with Crippen LogP contribution in [0.1, 0.15) is 45.1 Å². The van der Waals surface area contributed by atoms with Gasteiger partial charge in [-0.05, 0) is 89.6 Å². The Morgan fingerprint density at radius 1 is 0.849 bits per heavy atom. The summed E-state index contributed by atoms with van der Waals surface area (Å²) in [6, 6.07) is 34.4. The van der Waals surface area contributed by atoms with Crippen LogP contribution in [-0.2, 0) is 6.54 Å². The van der Waals surface area contributed by atoms with Gasteiger partial charge in [-0.15, -0.1) is 0 Å². The fraction of sp³-hybridized carbons (Fsp3) is 0.255. The molecule has 0 fully saturated rings. The minimum atomic E-state index is 0.0759. The van der Waals surface area contributed by atoms with Gasteiger partial charge in [0, 0.05) is 50.1 Å². The lowest BCUT2D eigenvalue weighted by Crippen LogP contribution is -2.18. The third-order valence-corrected chi connectivity index (χ3v) is 11.9. The second kappa shape index (κ2) is 15.6. The number of aliphatic hydroxyl groups excluding tert-OH is 2. The average molecular weight is 720 g/mol. The topological polar surface area (TPSA) is 57.6 Å². The third-order valence-electron chi connectivity index (χ3n) is 10.7. The van der Waals surface area contributed by atoms with Crippen molar-refractivity contribution in [3.8, 4) is 5.75 Å². The van der Waals surface area contributed by atoms with Crippen molar-refractivity contribution in [1.29, 1.82) is 0 Å². The first-order valence-corrected chi connectivity index (χ1v) is 19.8. The van der Waals surface area contributed by atoms with Crippen LogP contribution in [0.2, 0.25) is 0 Å². The highest BCUT2D eigenvalue weighted by Gasteiger charge is 2.30. The van der Waals surface area contributed by atoms with E-state index in [0.717, 1.165) is 60.3 Å². The van der Waals surface area contributed by atoms with Crippen molar-refractivity contribution in [3.63, 3.8) is 0 Å². The molecule has 1 unspecified atom stereocenters. The summed E-state index contributed by atoms with van der Waals surface area (Å²) in [6.07, 6.45) is 13.4. The zero-order chi connectivity index (χ0) is 36.3. The first kappa shape index (κ1) is 35.2. The number of rotatable bonds is 13. The van der Waals surface area contributed by atoms with Crippen LogP contribution in [0.5, 0.6) is 5.75 Å². The van der Waals surface area contributed by atoms with E-state index >= 15 is 0 Å². The molecule has 268 valence electrons. The molecule has 1 aliphatic heterocycles. The maximum atomic E-state index is 10.1. The summed E-state index contributed by atoms with van der Waals surface area (Å²) in [7, 11) is 0.